The van der Waals surface area contributed by atoms with Gasteiger partial charge in [-0.1, -0.05) is 6.58 Å². The zero-order valence-electron chi connectivity index (χ0n) is 5.86. The molecular formula is C5H10NO4P. The zero-order chi connectivity index (χ0) is 9.07. The van der Waals surface area contributed by atoms with Crippen LogP contribution in [0.4, 0.5) is 0 Å². The van der Waals surface area contributed by atoms with E-state index >= 15 is 0 Å². The fourth-order valence-corrected chi connectivity index (χ4v) is 0.965. The summed E-state index contributed by atoms with van der Waals surface area (Å²) in [5.74, 6) is -0.724. The molecule has 0 spiro atoms. The highest BCUT2D eigenvalue weighted by Crippen LogP contribution is 2.35. The molecule has 0 saturated carbocycles. The van der Waals surface area contributed by atoms with Crippen LogP contribution in [0.2, 0.25) is 0 Å². The van der Waals surface area contributed by atoms with Crippen molar-refractivity contribution in [2.24, 2.45) is 5.73 Å². The molecule has 0 aliphatic heterocycles. The molecule has 0 fully saturated rings. The maximum atomic E-state index is 10.3. The molecule has 0 heterocycles. The van der Waals surface area contributed by atoms with Gasteiger partial charge in [0.05, 0.1) is 6.16 Å². The van der Waals surface area contributed by atoms with E-state index in [1.54, 1.807) is 0 Å². The molecule has 1 amide bonds. The highest BCUT2D eigenvalue weighted by Gasteiger charge is 2.14. The van der Waals surface area contributed by atoms with Crippen molar-refractivity contribution >= 4 is 13.5 Å². The van der Waals surface area contributed by atoms with E-state index in [0.717, 1.165) is 0 Å². The molecule has 0 aromatic rings. The number of hydrogen-bond donors (Lipinski definition) is 3. The number of nitrogens with two attached hydrogens (primary N) is 1. The molecule has 0 radical (unpaired) electrons. The molecule has 11 heavy (non-hydrogen) atoms. The third-order valence-corrected chi connectivity index (χ3v) is 1.86. The van der Waals surface area contributed by atoms with Gasteiger partial charge < -0.3 is 15.5 Å². The summed E-state index contributed by atoms with van der Waals surface area (Å²) in [4.78, 5) is 27.0. The number of rotatable bonds is 4. The Hall–Kier alpha value is -0.640. The number of amides is 1. The van der Waals surface area contributed by atoms with Gasteiger partial charge in [-0.25, -0.2) is 0 Å². The van der Waals surface area contributed by atoms with Crippen LogP contribution in [-0.4, -0.2) is 21.9 Å². The van der Waals surface area contributed by atoms with Crippen LogP contribution in [0, 0.1) is 0 Å². The molecule has 64 valence electrons. The molecule has 0 aliphatic carbocycles. The van der Waals surface area contributed by atoms with E-state index < -0.39 is 13.5 Å². The van der Waals surface area contributed by atoms with Gasteiger partial charge in [-0.3, -0.25) is 9.36 Å². The summed E-state index contributed by atoms with van der Waals surface area (Å²) in [6.07, 6.45) is -0.436. The quantitative estimate of drug-likeness (QED) is 0.403. The maximum absolute atomic E-state index is 10.3. The largest absolute Gasteiger partial charge is 0.366 e. The first-order valence-electron chi connectivity index (χ1n) is 2.85. The van der Waals surface area contributed by atoms with E-state index in [2.05, 4.69) is 6.58 Å². The average Bonchev–Trinajstić information content (AvgIpc) is 1.80. The fraction of sp³-hybridized carbons (Fsp3) is 0.400. The van der Waals surface area contributed by atoms with Crippen molar-refractivity contribution in [1.29, 1.82) is 0 Å². The third kappa shape index (κ3) is 5.79. The Labute approximate surface area is 64.1 Å². The molecule has 0 saturated heterocycles. The van der Waals surface area contributed by atoms with Crippen molar-refractivity contribution in [2.75, 3.05) is 6.16 Å². The first-order chi connectivity index (χ1) is 4.83. The van der Waals surface area contributed by atoms with E-state index in [-0.39, 0.29) is 18.2 Å². The van der Waals surface area contributed by atoms with Crippen LogP contribution >= 0.6 is 7.60 Å². The maximum Gasteiger partial charge on any atom is 0.325 e. The van der Waals surface area contributed by atoms with Crippen LogP contribution in [0.3, 0.4) is 0 Å². The lowest BCUT2D eigenvalue weighted by Gasteiger charge is -2.02. The van der Waals surface area contributed by atoms with E-state index in [4.69, 9.17) is 15.5 Å². The Morgan fingerprint density at radius 1 is 1.55 bits per heavy atom. The highest BCUT2D eigenvalue weighted by atomic mass is 31.2. The van der Waals surface area contributed by atoms with Crippen molar-refractivity contribution in [1.82, 2.24) is 0 Å². The van der Waals surface area contributed by atoms with Gasteiger partial charge in [0, 0.05) is 5.57 Å². The summed E-state index contributed by atoms with van der Waals surface area (Å²) < 4.78 is 10.3. The number of carbonyl (C=O) groups is 1. The Morgan fingerprint density at radius 2 is 2.00 bits per heavy atom. The van der Waals surface area contributed by atoms with Gasteiger partial charge in [-0.05, 0) is 6.42 Å². The van der Waals surface area contributed by atoms with Crippen molar-refractivity contribution in [3.63, 3.8) is 0 Å². The predicted molar refractivity (Wildman–Crippen MR) is 39.9 cm³/mol. The fourth-order valence-electron chi connectivity index (χ4n) is 0.404. The molecule has 5 nitrogen and oxygen atoms in total. The SMILES string of the molecule is C=C(CCP(=O)(O)O)C(N)=O. The monoisotopic (exact) mass is 179 g/mol. The van der Waals surface area contributed by atoms with Crippen LogP contribution in [0.25, 0.3) is 0 Å². The second-order valence-corrected chi connectivity index (χ2v) is 3.88. The van der Waals surface area contributed by atoms with Gasteiger partial charge >= 0.3 is 7.60 Å². The van der Waals surface area contributed by atoms with Crippen molar-refractivity contribution in [3.05, 3.63) is 12.2 Å². The van der Waals surface area contributed by atoms with Crippen molar-refractivity contribution < 1.29 is 19.1 Å². The highest BCUT2D eigenvalue weighted by molar-refractivity contribution is 7.51. The number of hydrogen-bond acceptors (Lipinski definition) is 2. The van der Waals surface area contributed by atoms with Crippen molar-refractivity contribution in [2.45, 2.75) is 6.42 Å². The lowest BCUT2D eigenvalue weighted by atomic mass is 10.2. The van der Waals surface area contributed by atoms with Crippen LogP contribution in [-0.2, 0) is 9.36 Å². The minimum absolute atomic E-state index is 0.0355. The van der Waals surface area contributed by atoms with Crippen molar-refractivity contribution in [3.8, 4) is 0 Å². The number of primary amides is 1. The summed E-state index contributed by atoms with van der Waals surface area (Å²) in [5.41, 5.74) is 4.81. The summed E-state index contributed by atoms with van der Waals surface area (Å²) in [6.45, 7) is 3.24. The van der Waals surface area contributed by atoms with Gasteiger partial charge in [0.2, 0.25) is 5.91 Å². The molecule has 6 heteroatoms. The van der Waals surface area contributed by atoms with Gasteiger partial charge in [-0.15, -0.1) is 0 Å². The summed E-state index contributed by atoms with van der Waals surface area (Å²) >= 11 is 0. The Balaban J connectivity index is 3.82. The topological polar surface area (TPSA) is 101 Å². The summed E-state index contributed by atoms with van der Waals surface area (Å²) in [5, 5.41) is 0. The van der Waals surface area contributed by atoms with Gasteiger partial charge in [0.25, 0.3) is 0 Å². The van der Waals surface area contributed by atoms with Crippen LogP contribution in [0.15, 0.2) is 12.2 Å². The normalized spacial score (nSPS) is 11.1. The third-order valence-electron chi connectivity index (χ3n) is 1.05. The average molecular weight is 179 g/mol. The lowest BCUT2D eigenvalue weighted by Crippen LogP contribution is -2.13. The van der Waals surface area contributed by atoms with Crippen LogP contribution in [0.5, 0.6) is 0 Å². The first-order valence-corrected chi connectivity index (χ1v) is 4.65. The lowest BCUT2D eigenvalue weighted by molar-refractivity contribution is -0.114. The molecule has 0 aromatic carbocycles. The molecule has 0 unspecified atom stereocenters. The molecule has 4 N–H and O–H groups in total. The molecule has 0 bridgehead atoms. The van der Waals surface area contributed by atoms with Gasteiger partial charge in [-0.2, -0.15) is 0 Å². The molecule has 0 aliphatic rings. The molecular weight excluding hydrogens is 169 g/mol. The molecule has 0 rings (SSSR count). The van der Waals surface area contributed by atoms with E-state index in [0.29, 0.717) is 0 Å². The summed E-state index contributed by atoms with van der Waals surface area (Å²) in [6, 6.07) is 0. The smallest absolute Gasteiger partial charge is 0.325 e. The number of carbonyl (C=O) groups excluding carboxylic acids is 1. The minimum Gasteiger partial charge on any atom is -0.366 e. The van der Waals surface area contributed by atoms with E-state index in [1.165, 1.54) is 0 Å². The van der Waals surface area contributed by atoms with Gasteiger partial charge in [0.15, 0.2) is 0 Å². The summed E-state index contributed by atoms with van der Waals surface area (Å²) in [7, 11) is -4.03. The predicted octanol–water partition coefficient (Wildman–Crippen LogP) is -0.404. The first kappa shape index (κ1) is 10.4. The Bertz CT molecular complexity index is 219. The second kappa shape index (κ2) is 3.67. The second-order valence-electron chi connectivity index (χ2n) is 2.11. The van der Waals surface area contributed by atoms with Crippen LogP contribution in [0.1, 0.15) is 6.42 Å². The van der Waals surface area contributed by atoms with E-state index in [9.17, 15) is 9.36 Å². The van der Waals surface area contributed by atoms with Gasteiger partial charge in [0.1, 0.15) is 0 Å². The van der Waals surface area contributed by atoms with E-state index in [1.807, 2.05) is 0 Å². The van der Waals surface area contributed by atoms with Crippen LogP contribution < -0.4 is 5.73 Å². The molecule has 0 aromatic heterocycles. The zero-order valence-corrected chi connectivity index (χ0v) is 6.75. The Kier molecular flexibility index (Phi) is 3.45. The Morgan fingerprint density at radius 3 is 2.27 bits per heavy atom. The molecule has 0 atom stereocenters. The standard InChI is InChI=1S/C5H10NO4P/c1-4(5(6)7)2-3-11(8,9)10/h1-3H2,(H2,6,7)(H2,8,9,10). The minimum atomic E-state index is -4.03.